The summed E-state index contributed by atoms with van der Waals surface area (Å²) in [7, 11) is 0. The zero-order valence-corrected chi connectivity index (χ0v) is 10.6. The third-order valence-corrected chi connectivity index (χ3v) is 3.10. The molecule has 0 unspecified atom stereocenters. The van der Waals surface area contributed by atoms with Gasteiger partial charge in [-0.1, -0.05) is 17.7 Å². The number of aromatic nitrogens is 3. The maximum Gasteiger partial charge on any atom is 0.337 e. The van der Waals surface area contributed by atoms with Crippen LogP contribution in [0.2, 0.25) is 5.02 Å². The van der Waals surface area contributed by atoms with Gasteiger partial charge in [-0.15, -0.1) is 0 Å². The van der Waals surface area contributed by atoms with E-state index in [0.29, 0.717) is 11.2 Å². The maximum absolute atomic E-state index is 13.8. The van der Waals surface area contributed by atoms with E-state index in [1.807, 2.05) is 0 Å². The molecule has 0 bridgehead atoms. The van der Waals surface area contributed by atoms with Crippen molar-refractivity contribution in [2.45, 2.75) is 0 Å². The number of halogens is 2. The minimum Gasteiger partial charge on any atom is -0.478 e. The molecule has 2 aromatic heterocycles. The highest BCUT2D eigenvalue weighted by molar-refractivity contribution is 6.33. The highest BCUT2D eigenvalue weighted by Gasteiger charge is 2.15. The van der Waals surface area contributed by atoms with Crippen LogP contribution in [0.25, 0.3) is 22.6 Å². The van der Waals surface area contributed by atoms with Gasteiger partial charge in [0.2, 0.25) is 0 Å². The summed E-state index contributed by atoms with van der Waals surface area (Å²) >= 11 is 5.96. The summed E-state index contributed by atoms with van der Waals surface area (Å²) in [5.41, 5.74) is 0.847. The number of aromatic amines is 1. The van der Waals surface area contributed by atoms with Crippen molar-refractivity contribution in [3.05, 3.63) is 46.9 Å². The first-order chi connectivity index (χ1) is 9.56. The smallest absolute Gasteiger partial charge is 0.337 e. The fourth-order valence-corrected chi connectivity index (χ4v) is 2.11. The molecule has 0 aliphatic rings. The molecule has 7 heteroatoms. The van der Waals surface area contributed by atoms with E-state index in [2.05, 4.69) is 15.0 Å². The molecule has 100 valence electrons. The topological polar surface area (TPSA) is 78.9 Å². The molecule has 0 saturated heterocycles. The number of hydrogen-bond donors (Lipinski definition) is 2. The number of hydrogen-bond acceptors (Lipinski definition) is 3. The largest absolute Gasteiger partial charge is 0.478 e. The van der Waals surface area contributed by atoms with E-state index in [-0.39, 0.29) is 22.0 Å². The van der Waals surface area contributed by atoms with Crippen LogP contribution in [0.5, 0.6) is 0 Å². The molecule has 1 aromatic carbocycles. The third kappa shape index (κ3) is 2.00. The van der Waals surface area contributed by atoms with Crippen molar-refractivity contribution < 1.29 is 14.3 Å². The molecule has 3 aromatic rings. The molecule has 0 fully saturated rings. The van der Waals surface area contributed by atoms with Crippen LogP contribution in [-0.4, -0.2) is 26.0 Å². The van der Waals surface area contributed by atoms with Crippen molar-refractivity contribution in [3.63, 3.8) is 0 Å². The molecule has 0 radical (unpaired) electrons. The molecule has 3 rings (SSSR count). The number of aromatic carboxylic acids is 1. The van der Waals surface area contributed by atoms with E-state index >= 15 is 0 Å². The Balaban J connectivity index is 2.21. The number of imidazole rings is 1. The lowest BCUT2D eigenvalue weighted by Crippen LogP contribution is -1.96. The summed E-state index contributed by atoms with van der Waals surface area (Å²) in [4.78, 5) is 21.7. The lowest BCUT2D eigenvalue weighted by molar-refractivity contribution is 0.0696. The number of nitrogens with zero attached hydrogens (tertiary/aromatic N) is 2. The Labute approximate surface area is 117 Å². The van der Waals surface area contributed by atoms with E-state index < -0.39 is 11.8 Å². The Hall–Kier alpha value is -2.47. The zero-order valence-electron chi connectivity index (χ0n) is 9.89. The second-order valence-electron chi connectivity index (χ2n) is 4.08. The minimum absolute atomic E-state index is 0.0207. The Morgan fingerprint density at radius 1 is 1.40 bits per heavy atom. The van der Waals surface area contributed by atoms with Gasteiger partial charge in [0.25, 0.3) is 0 Å². The van der Waals surface area contributed by atoms with Gasteiger partial charge in [0.05, 0.1) is 21.7 Å². The molecule has 2 heterocycles. The number of H-pyrrole nitrogens is 1. The van der Waals surface area contributed by atoms with Crippen LogP contribution < -0.4 is 0 Å². The summed E-state index contributed by atoms with van der Waals surface area (Å²) in [6, 6.07) is 5.69. The van der Waals surface area contributed by atoms with Crippen LogP contribution in [0.3, 0.4) is 0 Å². The van der Waals surface area contributed by atoms with Gasteiger partial charge in [-0.2, -0.15) is 0 Å². The zero-order chi connectivity index (χ0) is 14.3. The second-order valence-corrected chi connectivity index (χ2v) is 4.49. The van der Waals surface area contributed by atoms with E-state index in [0.717, 1.165) is 0 Å². The molecule has 0 atom stereocenters. The number of carboxylic acids is 1. The van der Waals surface area contributed by atoms with E-state index in [1.54, 1.807) is 6.07 Å². The van der Waals surface area contributed by atoms with Crippen LogP contribution in [0, 0.1) is 5.82 Å². The molecular formula is C13H7ClFN3O2. The standard InChI is InChI=1S/C13H7ClFN3O2/c14-7-2-1-3-8(15)10(7)12-17-9-4-6(13(19)20)5-16-11(9)18-12/h1-5H,(H,19,20)(H,16,17,18). The van der Waals surface area contributed by atoms with E-state index in [1.165, 1.54) is 24.4 Å². The maximum atomic E-state index is 13.8. The van der Waals surface area contributed by atoms with Gasteiger partial charge >= 0.3 is 5.97 Å². The van der Waals surface area contributed by atoms with E-state index in [9.17, 15) is 9.18 Å². The van der Waals surface area contributed by atoms with Gasteiger partial charge in [0.1, 0.15) is 11.6 Å². The number of fused-ring (bicyclic) bond motifs is 1. The lowest BCUT2D eigenvalue weighted by atomic mass is 10.2. The first kappa shape index (κ1) is 12.6. The Morgan fingerprint density at radius 3 is 2.90 bits per heavy atom. The number of carboxylic acid groups (broad SMARTS) is 1. The van der Waals surface area contributed by atoms with Gasteiger partial charge in [-0.05, 0) is 18.2 Å². The number of pyridine rings is 1. The third-order valence-electron chi connectivity index (χ3n) is 2.78. The fourth-order valence-electron chi connectivity index (χ4n) is 1.86. The molecule has 0 aliphatic heterocycles. The SMILES string of the molecule is O=C(O)c1cnc2nc(-c3c(F)cccc3Cl)[nH]c2c1. The Morgan fingerprint density at radius 2 is 2.20 bits per heavy atom. The molecule has 5 nitrogen and oxygen atoms in total. The van der Waals surface area contributed by atoms with Gasteiger partial charge in [-0.25, -0.2) is 19.2 Å². The highest BCUT2D eigenvalue weighted by atomic mass is 35.5. The summed E-state index contributed by atoms with van der Waals surface area (Å²) in [6.45, 7) is 0. The van der Waals surface area contributed by atoms with Crippen molar-refractivity contribution in [1.82, 2.24) is 15.0 Å². The Kier molecular flexibility index (Phi) is 2.87. The second kappa shape index (κ2) is 4.57. The Bertz CT molecular complexity index is 811. The summed E-state index contributed by atoms with van der Waals surface area (Å²) in [6.07, 6.45) is 1.19. The highest BCUT2D eigenvalue weighted by Crippen LogP contribution is 2.29. The van der Waals surface area contributed by atoms with Crippen molar-refractivity contribution in [2.75, 3.05) is 0 Å². The monoisotopic (exact) mass is 291 g/mol. The molecule has 0 spiro atoms. The first-order valence-electron chi connectivity index (χ1n) is 5.59. The normalized spacial score (nSPS) is 10.9. The molecular weight excluding hydrogens is 285 g/mol. The van der Waals surface area contributed by atoms with Crippen LogP contribution in [0.15, 0.2) is 30.5 Å². The first-order valence-corrected chi connectivity index (χ1v) is 5.97. The van der Waals surface area contributed by atoms with Crippen LogP contribution in [0.1, 0.15) is 10.4 Å². The average molecular weight is 292 g/mol. The van der Waals surface area contributed by atoms with Crippen molar-refractivity contribution in [1.29, 1.82) is 0 Å². The quantitative estimate of drug-likeness (QED) is 0.760. The summed E-state index contributed by atoms with van der Waals surface area (Å²) in [5, 5.41) is 9.11. The fraction of sp³-hybridized carbons (Fsp3) is 0. The summed E-state index contributed by atoms with van der Waals surface area (Å²) < 4.78 is 13.8. The predicted octanol–water partition coefficient (Wildman–Crippen LogP) is 3.12. The van der Waals surface area contributed by atoms with Gasteiger partial charge in [0.15, 0.2) is 5.65 Å². The number of benzene rings is 1. The molecule has 0 amide bonds. The predicted molar refractivity (Wildman–Crippen MR) is 71.3 cm³/mol. The van der Waals surface area contributed by atoms with Gasteiger partial charge in [-0.3, -0.25) is 0 Å². The van der Waals surface area contributed by atoms with Gasteiger partial charge in [0, 0.05) is 6.20 Å². The molecule has 2 N–H and O–H groups in total. The van der Waals surface area contributed by atoms with Gasteiger partial charge < -0.3 is 10.1 Å². The van der Waals surface area contributed by atoms with Crippen LogP contribution in [0.4, 0.5) is 4.39 Å². The average Bonchev–Trinajstić information content (AvgIpc) is 2.80. The van der Waals surface area contributed by atoms with Crippen molar-refractivity contribution >= 4 is 28.7 Å². The summed E-state index contributed by atoms with van der Waals surface area (Å²) in [5.74, 6) is -1.41. The molecule has 20 heavy (non-hydrogen) atoms. The number of rotatable bonds is 2. The van der Waals surface area contributed by atoms with Crippen molar-refractivity contribution in [3.8, 4) is 11.4 Å². The molecule has 0 aliphatic carbocycles. The number of carbonyl (C=O) groups is 1. The number of nitrogens with one attached hydrogen (secondary N) is 1. The van der Waals surface area contributed by atoms with E-state index in [4.69, 9.17) is 16.7 Å². The minimum atomic E-state index is -1.10. The van der Waals surface area contributed by atoms with Crippen molar-refractivity contribution in [2.24, 2.45) is 0 Å². The van der Waals surface area contributed by atoms with Crippen LogP contribution in [-0.2, 0) is 0 Å². The molecule has 0 saturated carbocycles. The van der Waals surface area contributed by atoms with Crippen LogP contribution >= 0.6 is 11.6 Å². The lowest BCUT2D eigenvalue weighted by Gasteiger charge is -2.01.